The first-order valence-corrected chi connectivity index (χ1v) is 6.81. The largest absolute Gasteiger partial charge is 0.393 e. The lowest BCUT2D eigenvalue weighted by atomic mass is 9.95. The Kier molecular flexibility index (Phi) is 2.62. The van der Waals surface area contributed by atoms with Crippen molar-refractivity contribution in [1.29, 1.82) is 0 Å². The van der Waals surface area contributed by atoms with Crippen molar-refractivity contribution in [3.63, 3.8) is 0 Å². The summed E-state index contributed by atoms with van der Waals surface area (Å²) in [4.78, 5) is 0. The number of benzene rings is 2. The van der Waals surface area contributed by atoms with Crippen LogP contribution in [0.15, 0.2) is 42.5 Å². The normalized spacial score (nSPS) is 35.8. The summed E-state index contributed by atoms with van der Waals surface area (Å²) in [6.07, 6.45) is -1.53. The second kappa shape index (κ2) is 4.27. The molecule has 4 rings (SSSR count). The van der Waals surface area contributed by atoms with E-state index in [1.165, 1.54) is 0 Å². The lowest BCUT2D eigenvalue weighted by Crippen LogP contribution is -2.43. The zero-order valence-electron chi connectivity index (χ0n) is 10.9. The minimum Gasteiger partial charge on any atom is -0.393 e. The van der Waals surface area contributed by atoms with Crippen LogP contribution in [0.1, 0.15) is 11.7 Å². The molecule has 0 radical (unpaired) electrons. The molecule has 2 heterocycles. The summed E-state index contributed by atoms with van der Waals surface area (Å²) in [5.41, 5.74) is 0.0360. The summed E-state index contributed by atoms with van der Waals surface area (Å²) in [6, 6.07) is 14.1. The van der Waals surface area contributed by atoms with Gasteiger partial charge in [-0.05, 0) is 16.3 Å². The first-order valence-electron chi connectivity index (χ1n) is 6.81. The number of fused-ring (bicyclic) bond motifs is 3. The van der Waals surface area contributed by atoms with Crippen LogP contribution in [0.25, 0.3) is 10.8 Å². The predicted octanol–water partition coefficient (Wildman–Crippen LogP) is 1.40. The molecule has 2 aliphatic rings. The fourth-order valence-electron chi connectivity index (χ4n) is 3.31. The number of ether oxygens (including phenoxy) is 2. The van der Waals surface area contributed by atoms with Gasteiger partial charge in [-0.15, -0.1) is 0 Å². The molecular weight excluding hydrogens is 256 g/mol. The van der Waals surface area contributed by atoms with Crippen LogP contribution < -0.4 is 0 Å². The van der Waals surface area contributed by atoms with E-state index in [0.29, 0.717) is 0 Å². The molecule has 20 heavy (non-hydrogen) atoms. The molecule has 0 unspecified atom stereocenters. The molecule has 2 fully saturated rings. The highest BCUT2D eigenvalue weighted by Gasteiger charge is 2.61. The molecule has 0 aliphatic carbocycles. The Hall–Kier alpha value is -1.46. The second-order valence-electron chi connectivity index (χ2n) is 5.55. The van der Waals surface area contributed by atoms with E-state index in [4.69, 9.17) is 9.47 Å². The standard InChI is InChI=1S/C16H16O4/c17-8-16-9-19-14(15(16)18)13(20-16)12-7-3-5-10-4-1-2-6-11(10)12/h1-7,13-15,17-18H,8-9H2/t13-,14-,15-,16-/m0/s1. The van der Waals surface area contributed by atoms with Gasteiger partial charge in [0.05, 0.1) is 13.2 Å². The Morgan fingerprint density at radius 2 is 1.95 bits per heavy atom. The Bertz CT molecular complexity index is 650. The van der Waals surface area contributed by atoms with Gasteiger partial charge >= 0.3 is 0 Å². The SMILES string of the molecule is OC[C@@]12CO[C@@H]([C@H](c3cccc4ccccc34)O1)[C@@H]2O. The molecule has 2 aliphatic heterocycles. The van der Waals surface area contributed by atoms with Gasteiger partial charge in [-0.3, -0.25) is 0 Å². The van der Waals surface area contributed by atoms with E-state index in [9.17, 15) is 10.2 Å². The maximum atomic E-state index is 10.3. The molecule has 2 aromatic carbocycles. The fraction of sp³-hybridized carbons (Fsp3) is 0.375. The van der Waals surface area contributed by atoms with E-state index >= 15 is 0 Å². The molecule has 2 N–H and O–H groups in total. The molecule has 2 aromatic rings. The molecule has 4 atom stereocenters. The smallest absolute Gasteiger partial charge is 0.144 e. The van der Waals surface area contributed by atoms with Crippen molar-refractivity contribution in [1.82, 2.24) is 0 Å². The van der Waals surface area contributed by atoms with E-state index in [0.717, 1.165) is 16.3 Å². The van der Waals surface area contributed by atoms with Gasteiger partial charge < -0.3 is 19.7 Å². The first kappa shape index (κ1) is 12.3. The van der Waals surface area contributed by atoms with Crippen molar-refractivity contribution in [3.05, 3.63) is 48.0 Å². The van der Waals surface area contributed by atoms with Gasteiger partial charge in [0.1, 0.15) is 23.9 Å². The van der Waals surface area contributed by atoms with Crippen molar-refractivity contribution in [2.45, 2.75) is 23.9 Å². The summed E-state index contributed by atoms with van der Waals surface area (Å²) in [7, 11) is 0. The third-order valence-corrected chi connectivity index (χ3v) is 4.43. The van der Waals surface area contributed by atoms with Gasteiger partial charge in [-0.2, -0.15) is 0 Å². The van der Waals surface area contributed by atoms with Crippen LogP contribution in [0.5, 0.6) is 0 Å². The van der Waals surface area contributed by atoms with Crippen LogP contribution in [0.2, 0.25) is 0 Å². The molecule has 2 bridgehead atoms. The summed E-state index contributed by atoms with van der Waals surface area (Å²) in [6.45, 7) is 0.0164. The van der Waals surface area contributed by atoms with Crippen molar-refractivity contribution in [2.75, 3.05) is 13.2 Å². The van der Waals surface area contributed by atoms with Crippen LogP contribution in [-0.4, -0.2) is 41.2 Å². The van der Waals surface area contributed by atoms with E-state index in [1.807, 2.05) is 42.5 Å². The monoisotopic (exact) mass is 272 g/mol. The van der Waals surface area contributed by atoms with Gasteiger partial charge in [0.15, 0.2) is 0 Å². The number of hydrogen-bond donors (Lipinski definition) is 2. The molecule has 4 heteroatoms. The Labute approximate surface area is 116 Å². The molecular formula is C16H16O4. The highest BCUT2D eigenvalue weighted by molar-refractivity contribution is 5.86. The number of hydrogen-bond acceptors (Lipinski definition) is 4. The van der Waals surface area contributed by atoms with Crippen molar-refractivity contribution >= 4 is 10.8 Å². The third-order valence-electron chi connectivity index (χ3n) is 4.43. The lowest BCUT2D eigenvalue weighted by Gasteiger charge is -2.29. The maximum absolute atomic E-state index is 10.3. The topological polar surface area (TPSA) is 58.9 Å². The maximum Gasteiger partial charge on any atom is 0.144 e. The van der Waals surface area contributed by atoms with Gasteiger partial charge in [0.2, 0.25) is 0 Å². The molecule has 0 aromatic heterocycles. The van der Waals surface area contributed by atoms with E-state index in [-0.39, 0.29) is 19.3 Å². The van der Waals surface area contributed by atoms with Crippen molar-refractivity contribution < 1.29 is 19.7 Å². The second-order valence-corrected chi connectivity index (χ2v) is 5.55. The first-order chi connectivity index (χ1) is 9.75. The zero-order valence-corrected chi connectivity index (χ0v) is 10.9. The van der Waals surface area contributed by atoms with Gasteiger partial charge in [0, 0.05) is 0 Å². The Morgan fingerprint density at radius 1 is 1.15 bits per heavy atom. The van der Waals surface area contributed by atoms with Gasteiger partial charge in [0.25, 0.3) is 0 Å². The summed E-state index contributed by atoms with van der Waals surface area (Å²) < 4.78 is 11.6. The van der Waals surface area contributed by atoms with E-state index < -0.39 is 17.8 Å². The summed E-state index contributed by atoms with van der Waals surface area (Å²) >= 11 is 0. The molecule has 4 nitrogen and oxygen atoms in total. The van der Waals surface area contributed by atoms with Crippen LogP contribution in [0.3, 0.4) is 0 Å². The average Bonchev–Trinajstić information content (AvgIpc) is 2.97. The average molecular weight is 272 g/mol. The lowest BCUT2D eigenvalue weighted by molar-refractivity contribution is -0.162. The molecule has 2 saturated heterocycles. The van der Waals surface area contributed by atoms with Crippen LogP contribution in [-0.2, 0) is 9.47 Å². The summed E-state index contributed by atoms with van der Waals surface area (Å²) in [5.74, 6) is 0. The van der Waals surface area contributed by atoms with Gasteiger partial charge in [-0.1, -0.05) is 42.5 Å². The van der Waals surface area contributed by atoms with E-state index in [1.54, 1.807) is 0 Å². The van der Waals surface area contributed by atoms with Crippen LogP contribution >= 0.6 is 0 Å². The zero-order chi connectivity index (χ0) is 13.7. The Morgan fingerprint density at radius 3 is 2.75 bits per heavy atom. The number of rotatable bonds is 2. The minimum absolute atomic E-state index is 0.230. The Balaban J connectivity index is 1.82. The van der Waals surface area contributed by atoms with Crippen molar-refractivity contribution in [3.8, 4) is 0 Å². The molecule has 0 saturated carbocycles. The summed E-state index contributed by atoms with van der Waals surface area (Å²) in [5, 5.41) is 22.0. The minimum atomic E-state index is -0.966. The highest BCUT2D eigenvalue weighted by atomic mass is 16.6. The van der Waals surface area contributed by atoms with Crippen LogP contribution in [0.4, 0.5) is 0 Å². The molecule has 0 amide bonds. The van der Waals surface area contributed by atoms with E-state index in [2.05, 4.69) is 0 Å². The quantitative estimate of drug-likeness (QED) is 0.867. The number of aliphatic hydroxyl groups is 2. The van der Waals surface area contributed by atoms with Crippen LogP contribution in [0, 0.1) is 0 Å². The third kappa shape index (κ3) is 1.50. The molecule has 0 spiro atoms. The predicted molar refractivity (Wildman–Crippen MR) is 73.3 cm³/mol. The number of aliphatic hydroxyl groups excluding tert-OH is 2. The van der Waals surface area contributed by atoms with Gasteiger partial charge in [-0.25, -0.2) is 0 Å². The fourth-order valence-corrected chi connectivity index (χ4v) is 3.31. The molecule has 104 valence electrons. The van der Waals surface area contributed by atoms with Crippen molar-refractivity contribution in [2.24, 2.45) is 0 Å². The highest BCUT2D eigenvalue weighted by Crippen LogP contribution is 2.48.